The molecule has 20 heavy (non-hydrogen) atoms. The van der Waals surface area contributed by atoms with E-state index in [2.05, 4.69) is 11.9 Å². The minimum Gasteiger partial charge on any atom is -0.464 e. The van der Waals surface area contributed by atoms with E-state index in [1.165, 1.54) is 25.4 Å². The standard InChI is InChI=1S/C13H17NO3S3/c1-4-8-11(19-6-5-18-8)12-14-9(13(16)17-3)10(20-12)7(2)15/h8,11H,4-6H2,1-3H3. The molecule has 0 amide bonds. The third kappa shape index (κ3) is 3.20. The summed E-state index contributed by atoms with van der Waals surface area (Å²) in [5, 5.41) is 1.63. The number of thiazole rings is 1. The van der Waals surface area contributed by atoms with Gasteiger partial charge in [0.25, 0.3) is 0 Å². The first-order valence-electron chi connectivity index (χ1n) is 6.41. The van der Waals surface area contributed by atoms with Gasteiger partial charge in [0.2, 0.25) is 0 Å². The van der Waals surface area contributed by atoms with Crippen molar-refractivity contribution in [3.63, 3.8) is 0 Å². The largest absolute Gasteiger partial charge is 0.464 e. The number of carbonyl (C=O) groups is 2. The molecule has 0 bridgehead atoms. The number of hydrogen-bond donors (Lipinski definition) is 0. The molecule has 7 heteroatoms. The summed E-state index contributed by atoms with van der Waals surface area (Å²) in [5.41, 5.74) is 0.172. The van der Waals surface area contributed by atoms with Crippen molar-refractivity contribution >= 4 is 46.6 Å². The number of ketones is 1. The van der Waals surface area contributed by atoms with Crippen molar-refractivity contribution in [2.45, 2.75) is 30.8 Å². The van der Waals surface area contributed by atoms with Gasteiger partial charge in [-0.1, -0.05) is 6.92 Å². The number of nitrogens with zero attached hydrogens (tertiary/aromatic N) is 1. The van der Waals surface area contributed by atoms with Crippen LogP contribution in [0.25, 0.3) is 0 Å². The highest BCUT2D eigenvalue weighted by atomic mass is 32.2. The average molecular weight is 331 g/mol. The lowest BCUT2D eigenvalue weighted by molar-refractivity contribution is 0.0591. The molecule has 0 N–H and O–H groups in total. The monoisotopic (exact) mass is 331 g/mol. The van der Waals surface area contributed by atoms with Crippen LogP contribution in [0.4, 0.5) is 0 Å². The van der Waals surface area contributed by atoms with Crippen LogP contribution in [0.5, 0.6) is 0 Å². The first-order chi connectivity index (χ1) is 9.58. The van der Waals surface area contributed by atoms with Crippen LogP contribution < -0.4 is 0 Å². The normalized spacial score (nSPS) is 22.6. The van der Waals surface area contributed by atoms with Crippen molar-refractivity contribution in [3.8, 4) is 0 Å². The van der Waals surface area contributed by atoms with Gasteiger partial charge >= 0.3 is 5.97 Å². The molecule has 1 fully saturated rings. The molecule has 0 aliphatic carbocycles. The number of esters is 1. The average Bonchev–Trinajstić information content (AvgIpc) is 2.91. The Hall–Kier alpha value is -0.530. The maximum atomic E-state index is 11.7. The topological polar surface area (TPSA) is 56.3 Å². The summed E-state index contributed by atoms with van der Waals surface area (Å²) in [7, 11) is 1.31. The Morgan fingerprint density at radius 3 is 2.65 bits per heavy atom. The van der Waals surface area contributed by atoms with Gasteiger partial charge in [-0.05, 0) is 6.42 Å². The Balaban J connectivity index is 2.36. The second kappa shape index (κ2) is 6.95. The summed E-state index contributed by atoms with van der Waals surface area (Å²) < 4.78 is 4.72. The van der Waals surface area contributed by atoms with Crippen molar-refractivity contribution in [2.24, 2.45) is 0 Å². The van der Waals surface area contributed by atoms with Gasteiger partial charge in [0.05, 0.1) is 12.4 Å². The highest BCUT2D eigenvalue weighted by Crippen LogP contribution is 2.45. The Bertz CT molecular complexity index is 515. The molecule has 2 rings (SSSR count). The molecule has 1 aliphatic heterocycles. The van der Waals surface area contributed by atoms with Crippen molar-refractivity contribution in [1.82, 2.24) is 4.98 Å². The first-order valence-corrected chi connectivity index (χ1v) is 9.33. The summed E-state index contributed by atoms with van der Waals surface area (Å²) in [6.45, 7) is 3.63. The molecular weight excluding hydrogens is 314 g/mol. The molecule has 0 spiro atoms. The van der Waals surface area contributed by atoms with Crippen molar-refractivity contribution in [3.05, 3.63) is 15.6 Å². The minimum absolute atomic E-state index is 0.129. The number of aromatic nitrogens is 1. The quantitative estimate of drug-likeness (QED) is 0.622. The molecule has 1 aromatic rings. The third-order valence-corrected chi connectivity index (χ3v) is 7.68. The molecule has 110 valence electrons. The zero-order valence-electron chi connectivity index (χ0n) is 11.7. The van der Waals surface area contributed by atoms with Crippen LogP contribution in [0.1, 0.15) is 50.7 Å². The lowest BCUT2D eigenvalue weighted by atomic mass is 10.2. The Labute approximate surface area is 131 Å². The van der Waals surface area contributed by atoms with Crippen LogP contribution >= 0.6 is 34.9 Å². The number of carbonyl (C=O) groups excluding carboxylic acids is 2. The van der Waals surface area contributed by atoms with E-state index in [0.29, 0.717) is 10.1 Å². The molecular formula is C13H17NO3S3. The molecule has 4 nitrogen and oxygen atoms in total. The smallest absolute Gasteiger partial charge is 0.358 e. The van der Waals surface area contributed by atoms with Crippen molar-refractivity contribution in [2.75, 3.05) is 18.6 Å². The number of methoxy groups -OCH3 is 1. The van der Waals surface area contributed by atoms with Gasteiger partial charge in [-0.25, -0.2) is 9.78 Å². The van der Waals surface area contributed by atoms with Crippen LogP contribution in [-0.4, -0.2) is 40.6 Å². The lowest BCUT2D eigenvalue weighted by Gasteiger charge is -2.28. The molecule has 2 unspecified atom stereocenters. The van der Waals surface area contributed by atoms with Crippen LogP contribution in [0.2, 0.25) is 0 Å². The summed E-state index contributed by atoms with van der Waals surface area (Å²) in [5.74, 6) is 1.57. The molecule has 1 saturated heterocycles. The summed E-state index contributed by atoms with van der Waals surface area (Å²) in [6, 6.07) is 0. The van der Waals surface area contributed by atoms with Gasteiger partial charge in [-0.3, -0.25) is 4.79 Å². The fourth-order valence-electron chi connectivity index (χ4n) is 2.06. The van der Waals surface area contributed by atoms with Crippen LogP contribution in [0, 0.1) is 0 Å². The van der Waals surface area contributed by atoms with Crippen LogP contribution in [0.3, 0.4) is 0 Å². The van der Waals surface area contributed by atoms with Crippen molar-refractivity contribution < 1.29 is 14.3 Å². The van der Waals surface area contributed by atoms with E-state index in [9.17, 15) is 9.59 Å². The predicted molar refractivity (Wildman–Crippen MR) is 85.2 cm³/mol. The van der Waals surface area contributed by atoms with E-state index in [0.717, 1.165) is 22.9 Å². The van der Waals surface area contributed by atoms with Gasteiger partial charge in [0, 0.05) is 23.7 Å². The van der Waals surface area contributed by atoms with Crippen molar-refractivity contribution in [1.29, 1.82) is 0 Å². The highest BCUT2D eigenvalue weighted by Gasteiger charge is 2.32. The zero-order chi connectivity index (χ0) is 14.7. The summed E-state index contributed by atoms with van der Waals surface area (Å²) in [6.07, 6.45) is 1.06. The van der Waals surface area contributed by atoms with E-state index < -0.39 is 5.97 Å². The lowest BCUT2D eigenvalue weighted by Crippen LogP contribution is -2.18. The SMILES string of the molecule is CCC1SCCSC1c1nc(C(=O)OC)c(C(C)=O)s1. The number of hydrogen-bond acceptors (Lipinski definition) is 7. The second-order valence-corrected chi connectivity index (χ2v) is 8.01. The second-order valence-electron chi connectivity index (χ2n) is 4.39. The maximum Gasteiger partial charge on any atom is 0.358 e. The fraction of sp³-hybridized carbons (Fsp3) is 0.615. The summed E-state index contributed by atoms with van der Waals surface area (Å²) in [4.78, 5) is 28.3. The maximum absolute atomic E-state index is 11.7. The van der Waals surface area contributed by atoms with E-state index in [1.54, 1.807) is 0 Å². The van der Waals surface area contributed by atoms with Crippen LogP contribution in [-0.2, 0) is 4.74 Å². The predicted octanol–water partition coefficient (Wildman–Crippen LogP) is 3.43. The summed E-state index contributed by atoms with van der Waals surface area (Å²) >= 11 is 5.16. The number of ether oxygens (including phenoxy) is 1. The van der Waals surface area contributed by atoms with Gasteiger partial charge in [-0.2, -0.15) is 11.8 Å². The van der Waals surface area contributed by atoms with E-state index in [1.807, 2.05) is 23.5 Å². The highest BCUT2D eigenvalue weighted by molar-refractivity contribution is 8.06. The van der Waals surface area contributed by atoms with Gasteiger partial charge in [-0.15, -0.1) is 23.1 Å². The number of Topliss-reactive ketones (excluding diaryl/α,β-unsaturated/α-hetero) is 1. The van der Waals surface area contributed by atoms with E-state index in [4.69, 9.17) is 4.74 Å². The Kier molecular flexibility index (Phi) is 5.51. The van der Waals surface area contributed by atoms with Gasteiger partial charge < -0.3 is 4.74 Å². The molecule has 2 atom stereocenters. The van der Waals surface area contributed by atoms with E-state index in [-0.39, 0.29) is 16.7 Å². The van der Waals surface area contributed by atoms with Crippen LogP contribution in [0.15, 0.2) is 0 Å². The molecule has 1 aromatic heterocycles. The molecule has 1 aliphatic rings. The number of thioether (sulfide) groups is 2. The van der Waals surface area contributed by atoms with Gasteiger partial charge in [0.1, 0.15) is 9.88 Å². The zero-order valence-corrected chi connectivity index (χ0v) is 14.1. The Morgan fingerprint density at radius 2 is 2.05 bits per heavy atom. The number of rotatable bonds is 4. The van der Waals surface area contributed by atoms with Gasteiger partial charge in [0.15, 0.2) is 11.5 Å². The molecule has 0 aromatic carbocycles. The molecule has 2 heterocycles. The first kappa shape index (κ1) is 15.9. The molecule has 0 saturated carbocycles. The van der Waals surface area contributed by atoms with E-state index >= 15 is 0 Å². The Morgan fingerprint density at radius 1 is 1.35 bits per heavy atom. The third-order valence-electron chi connectivity index (χ3n) is 3.04. The fourth-order valence-corrected chi connectivity index (χ4v) is 6.43. The minimum atomic E-state index is -0.529. The molecule has 0 radical (unpaired) electrons.